The highest BCUT2D eigenvalue weighted by molar-refractivity contribution is 7.09. The Hall–Kier alpha value is -0.860. The summed E-state index contributed by atoms with van der Waals surface area (Å²) in [7, 11) is 0. The summed E-state index contributed by atoms with van der Waals surface area (Å²) in [6.07, 6.45) is 7.66. The lowest BCUT2D eigenvalue weighted by molar-refractivity contribution is 0.327. The van der Waals surface area contributed by atoms with E-state index in [-0.39, 0.29) is 0 Å². The molecule has 0 unspecified atom stereocenters. The van der Waals surface area contributed by atoms with Crippen LogP contribution in [0.5, 0.6) is 0 Å². The molecule has 1 aromatic rings. The summed E-state index contributed by atoms with van der Waals surface area (Å²) in [5.41, 5.74) is 0. The Morgan fingerprint density at radius 3 is 2.50 bits per heavy atom. The molecule has 0 fully saturated rings. The van der Waals surface area contributed by atoms with Crippen molar-refractivity contribution in [2.45, 2.75) is 19.3 Å². The van der Waals surface area contributed by atoms with Crippen molar-refractivity contribution in [3.05, 3.63) is 47.7 Å². The molecule has 0 radical (unpaired) electrons. The Balaban J connectivity index is 2.12. The summed E-state index contributed by atoms with van der Waals surface area (Å²) in [6.45, 7) is 10.6. The molecule has 0 aliphatic rings. The summed E-state index contributed by atoms with van der Waals surface area (Å²) < 4.78 is 0. The first-order valence-corrected chi connectivity index (χ1v) is 6.71. The first kappa shape index (κ1) is 13.2. The van der Waals surface area contributed by atoms with Gasteiger partial charge in [-0.15, -0.1) is 24.5 Å². The van der Waals surface area contributed by atoms with Gasteiger partial charge in [-0.25, -0.2) is 0 Å². The van der Waals surface area contributed by atoms with Gasteiger partial charge < -0.3 is 0 Å². The van der Waals surface area contributed by atoms with Crippen molar-refractivity contribution in [3.63, 3.8) is 0 Å². The molecule has 0 atom stereocenters. The van der Waals surface area contributed by atoms with Crippen LogP contribution >= 0.6 is 11.3 Å². The van der Waals surface area contributed by atoms with Crippen molar-refractivity contribution in [1.29, 1.82) is 0 Å². The van der Waals surface area contributed by atoms with Gasteiger partial charge in [0, 0.05) is 18.0 Å². The van der Waals surface area contributed by atoms with Gasteiger partial charge in [0.1, 0.15) is 0 Å². The van der Waals surface area contributed by atoms with Crippen molar-refractivity contribution >= 4 is 11.3 Å². The number of nitrogens with zero attached hydrogens (tertiary/aromatic N) is 1. The molecule has 1 aromatic heterocycles. The summed E-state index contributed by atoms with van der Waals surface area (Å²) in [5, 5.41) is 2.15. The molecule has 0 aliphatic carbocycles. The van der Waals surface area contributed by atoms with E-state index < -0.39 is 0 Å². The van der Waals surface area contributed by atoms with Crippen LogP contribution in [0.4, 0.5) is 0 Å². The maximum Gasteiger partial charge on any atom is 0.0163 e. The summed E-state index contributed by atoms with van der Waals surface area (Å²) in [4.78, 5) is 3.87. The molecule has 0 amide bonds. The number of hydrogen-bond acceptors (Lipinski definition) is 2. The number of rotatable bonds is 9. The topological polar surface area (TPSA) is 3.24 Å². The number of aryl methyl sites for hydroxylation is 1. The Morgan fingerprint density at radius 2 is 1.94 bits per heavy atom. The molecule has 0 N–H and O–H groups in total. The van der Waals surface area contributed by atoms with Crippen LogP contribution in [0.2, 0.25) is 0 Å². The Kier molecular flexibility index (Phi) is 6.86. The number of hydrogen-bond donors (Lipinski definition) is 0. The molecule has 1 heterocycles. The number of thiophene rings is 1. The highest BCUT2D eigenvalue weighted by atomic mass is 32.1. The van der Waals surface area contributed by atoms with E-state index >= 15 is 0 Å². The van der Waals surface area contributed by atoms with Crippen molar-refractivity contribution < 1.29 is 0 Å². The van der Waals surface area contributed by atoms with Crippen LogP contribution in [0.15, 0.2) is 42.8 Å². The fraction of sp³-hybridized carbons (Fsp3) is 0.429. The molecule has 1 rings (SSSR count). The van der Waals surface area contributed by atoms with E-state index in [2.05, 4.69) is 35.6 Å². The van der Waals surface area contributed by atoms with Crippen LogP contribution < -0.4 is 0 Å². The third kappa shape index (κ3) is 5.29. The SMILES string of the molecule is C=CCN(CC=C)CCCCc1cccs1. The second-order valence-electron chi connectivity index (χ2n) is 3.87. The van der Waals surface area contributed by atoms with Gasteiger partial charge in [0.15, 0.2) is 0 Å². The van der Waals surface area contributed by atoms with Gasteiger partial charge in [-0.3, -0.25) is 4.90 Å². The van der Waals surface area contributed by atoms with Crippen LogP contribution in [0.1, 0.15) is 17.7 Å². The van der Waals surface area contributed by atoms with E-state index in [9.17, 15) is 0 Å². The van der Waals surface area contributed by atoms with Crippen molar-refractivity contribution in [2.24, 2.45) is 0 Å². The highest BCUT2D eigenvalue weighted by Gasteiger charge is 2.00. The Morgan fingerprint density at radius 1 is 1.19 bits per heavy atom. The molecule has 2 heteroatoms. The predicted molar refractivity (Wildman–Crippen MR) is 74.1 cm³/mol. The first-order valence-electron chi connectivity index (χ1n) is 5.83. The third-order valence-electron chi connectivity index (χ3n) is 2.50. The van der Waals surface area contributed by atoms with Gasteiger partial charge in [-0.05, 0) is 37.3 Å². The van der Waals surface area contributed by atoms with Crippen LogP contribution in [-0.2, 0) is 6.42 Å². The fourth-order valence-electron chi connectivity index (χ4n) is 1.71. The summed E-state index contributed by atoms with van der Waals surface area (Å²) in [6, 6.07) is 4.34. The van der Waals surface area contributed by atoms with E-state index in [0.717, 1.165) is 19.6 Å². The summed E-state index contributed by atoms with van der Waals surface area (Å²) >= 11 is 1.86. The van der Waals surface area contributed by atoms with Gasteiger partial charge in [0.25, 0.3) is 0 Å². The molecule has 88 valence electrons. The molecular weight excluding hydrogens is 214 g/mol. The van der Waals surface area contributed by atoms with Crippen molar-refractivity contribution in [2.75, 3.05) is 19.6 Å². The first-order chi connectivity index (χ1) is 7.86. The van der Waals surface area contributed by atoms with E-state index in [1.54, 1.807) is 0 Å². The molecule has 0 saturated carbocycles. The minimum atomic E-state index is 0.963. The standard InChI is InChI=1S/C14H21NS/c1-3-10-15(11-4-2)12-6-5-8-14-9-7-13-16-14/h3-4,7,9,13H,1-2,5-6,8,10-12H2. The molecule has 0 saturated heterocycles. The highest BCUT2D eigenvalue weighted by Crippen LogP contribution is 2.12. The molecule has 0 aliphatic heterocycles. The molecule has 0 spiro atoms. The second kappa shape index (κ2) is 8.31. The minimum absolute atomic E-state index is 0.963. The van der Waals surface area contributed by atoms with Gasteiger partial charge in [0.05, 0.1) is 0 Å². The van der Waals surface area contributed by atoms with Crippen LogP contribution in [-0.4, -0.2) is 24.5 Å². The van der Waals surface area contributed by atoms with Gasteiger partial charge in [0.2, 0.25) is 0 Å². The normalized spacial score (nSPS) is 10.6. The summed E-state index contributed by atoms with van der Waals surface area (Å²) in [5.74, 6) is 0. The van der Waals surface area contributed by atoms with Gasteiger partial charge >= 0.3 is 0 Å². The average Bonchev–Trinajstić information content (AvgIpc) is 2.78. The second-order valence-corrected chi connectivity index (χ2v) is 4.91. The molecule has 16 heavy (non-hydrogen) atoms. The van der Waals surface area contributed by atoms with E-state index in [1.807, 2.05) is 23.5 Å². The van der Waals surface area contributed by atoms with Crippen molar-refractivity contribution in [3.8, 4) is 0 Å². The fourth-order valence-corrected chi connectivity index (χ4v) is 2.46. The Labute approximate surface area is 103 Å². The average molecular weight is 235 g/mol. The molecule has 0 aromatic carbocycles. The Bertz CT molecular complexity index is 280. The molecular formula is C14H21NS. The lowest BCUT2D eigenvalue weighted by Gasteiger charge is -2.18. The van der Waals surface area contributed by atoms with Gasteiger partial charge in [-0.2, -0.15) is 0 Å². The zero-order chi connectivity index (χ0) is 11.6. The van der Waals surface area contributed by atoms with E-state index in [1.165, 1.54) is 24.1 Å². The lowest BCUT2D eigenvalue weighted by atomic mass is 10.2. The largest absolute Gasteiger partial charge is 0.296 e. The predicted octanol–water partition coefficient (Wildman–Crippen LogP) is 3.74. The molecule has 1 nitrogen and oxygen atoms in total. The van der Waals surface area contributed by atoms with E-state index in [0.29, 0.717) is 0 Å². The van der Waals surface area contributed by atoms with Crippen LogP contribution in [0.3, 0.4) is 0 Å². The lowest BCUT2D eigenvalue weighted by Crippen LogP contribution is -2.25. The maximum absolute atomic E-state index is 3.78. The third-order valence-corrected chi connectivity index (χ3v) is 3.44. The molecule has 0 bridgehead atoms. The minimum Gasteiger partial charge on any atom is -0.296 e. The number of unbranched alkanes of at least 4 members (excludes halogenated alkanes) is 1. The zero-order valence-corrected chi connectivity index (χ0v) is 10.7. The van der Waals surface area contributed by atoms with E-state index in [4.69, 9.17) is 0 Å². The monoisotopic (exact) mass is 235 g/mol. The quantitative estimate of drug-likeness (QED) is 0.465. The maximum atomic E-state index is 3.78. The van der Waals surface area contributed by atoms with Crippen LogP contribution in [0, 0.1) is 0 Å². The smallest absolute Gasteiger partial charge is 0.0163 e. The van der Waals surface area contributed by atoms with Crippen molar-refractivity contribution in [1.82, 2.24) is 4.90 Å². The van der Waals surface area contributed by atoms with Gasteiger partial charge in [-0.1, -0.05) is 18.2 Å². The van der Waals surface area contributed by atoms with Crippen LogP contribution in [0.25, 0.3) is 0 Å². The zero-order valence-electron chi connectivity index (χ0n) is 9.90.